The van der Waals surface area contributed by atoms with Gasteiger partial charge in [-0.15, -0.1) is 0 Å². The number of halogens is 7. The molecule has 1 aromatic carbocycles. The van der Waals surface area contributed by atoms with Crippen molar-refractivity contribution in [3.8, 4) is 0 Å². The fourth-order valence-electron chi connectivity index (χ4n) is 2.81. The number of hydrogen-bond donors (Lipinski definition) is 0. The molecule has 1 saturated carbocycles. The first-order chi connectivity index (χ1) is 9.58. The maximum Gasteiger partial charge on any atom is 0.416 e. The second kappa shape index (κ2) is 5.48. The molecule has 0 saturated heterocycles. The summed E-state index contributed by atoms with van der Waals surface area (Å²) in [7, 11) is 0. The molecular formula is C14H13BrF6. The van der Waals surface area contributed by atoms with Crippen molar-refractivity contribution in [1.29, 1.82) is 0 Å². The summed E-state index contributed by atoms with van der Waals surface area (Å²) in [5, 5.41) is 0.360. The van der Waals surface area contributed by atoms with Crippen molar-refractivity contribution in [3.05, 3.63) is 34.9 Å². The Morgan fingerprint density at radius 2 is 1.29 bits per heavy atom. The molecule has 1 aromatic rings. The maximum atomic E-state index is 12.9. The molecule has 0 bridgehead atoms. The average molecular weight is 375 g/mol. The highest BCUT2D eigenvalue weighted by atomic mass is 79.9. The monoisotopic (exact) mass is 374 g/mol. The van der Waals surface area contributed by atoms with E-state index in [1.165, 1.54) is 0 Å². The van der Waals surface area contributed by atoms with Gasteiger partial charge in [0.2, 0.25) is 0 Å². The third kappa shape index (κ3) is 3.38. The second-order valence-corrected chi connectivity index (χ2v) is 5.98. The molecule has 1 aliphatic rings. The van der Waals surface area contributed by atoms with Gasteiger partial charge in [0.05, 0.1) is 11.1 Å². The lowest BCUT2D eigenvalue weighted by Gasteiger charge is -2.29. The fourth-order valence-corrected chi connectivity index (χ4v) is 3.70. The number of rotatable bonds is 2. The lowest BCUT2D eigenvalue weighted by molar-refractivity contribution is -0.143. The third-order valence-electron chi connectivity index (χ3n) is 4.02. The zero-order chi connectivity index (χ0) is 15.9. The molecule has 1 fully saturated rings. The number of benzene rings is 1. The Labute approximate surface area is 126 Å². The van der Waals surface area contributed by atoms with Gasteiger partial charge in [-0.1, -0.05) is 28.8 Å². The van der Waals surface area contributed by atoms with Gasteiger partial charge in [-0.05, 0) is 36.6 Å². The predicted molar refractivity (Wildman–Crippen MR) is 70.4 cm³/mol. The standard InChI is InChI=1S/C14H13BrF6/c15-8-12(3-1-2-4-12)9-5-10(13(16,17)18)7-11(6-9)14(19,20)21/h5-7H,1-4,8H2. The van der Waals surface area contributed by atoms with Gasteiger partial charge in [-0.25, -0.2) is 0 Å². The van der Waals surface area contributed by atoms with Gasteiger partial charge in [-0.3, -0.25) is 0 Å². The van der Waals surface area contributed by atoms with E-state index >= 15 is 0 Å². The summed E-state index contributed by atoms with van der Waals surface area (Å²) in [5.74, 6) is 0. The summed E-state index contributed by atoms with van der Waals surface area (Å²) in [4.78, 5) is 0. The third-order valence-corrected chi connectivity index (χ3v) is 5.09. The first-order valence-electron chi connectivity index (χ1n) is 6.44. The Balaban J connectivity index is 2.60. The molecule has 0 spiro atoms. The molecule has 118 valence electrons. The molecule has 0 heterocycles. The summed E-state index contributed by atoms with van der Waals surface area (Å²) >= 11 is 3.26. The van der Waals surface area contributed by atoms with E-state index in [-0.39, 0.29) is 11.6 Å². The van der Waals surface area contributed by atoms with Crippen molar-refractivity contribution in [2.75, 3.05) is 5.33 Å². The molecule has 0 radical (unpaired) electrons. The van der Waals surface area contributed by atoms with Crippen LogP contribution < -0.4 is 0 Å². The molecule has 0 amide bonds. The van der Waals surface area contributed by atoms with E-state index in [2.05, 4.69) is 15.9 Å². The van der Waals surface area contributed by atoms with Crippen LogP contribution in [0.5, 0.6) is 0 Å². The van der Waals surface area contributed by atoms with Gasteiger partial charge in [0.25, 0.3) is 0 Å². The van der Waals surface area contributed by atoms with Crippen molar-refractivity contribution in [1.82, 2.24) is 0 Å². The minimum atomic E-state index is -4.79. The van der Waals surface area contributed by atoms with E-state index in [1.54, 1.807) is 0 Å². The minimum absolute atomic E-state index is 0.124. The van der Waals surface area contributed by atoms with Crippen LogP contribution in [0, 0.1) is 0 Å². The summed E-state index contributed by atoms with van der Waals surface area (Å²) < 4.78 is 77.2. The van der Waals surface area contributed by atoms with Gasteiger partial charge in [-0.2, -0.15) is 26.3 Å². The summed E-state index contributed by atoms with van der Waals surface area (Å²) in [6.45, 7) is 0. The SMILES string of the molecule is FC(F)(F)c1cc(C(F)(F)F)cc(C2(CBr)CCCC2)c1. The molecule has 0 atom stereocenters. The summed E-state index contributed by atoms with van der Waals surface area (Å²) in [6, 6.07) is 1.91. The molecule has 1 aliphatic carbocycles. The van der Waals surface area contributed by atoms with Crippen LogP contribution in [0.4, 0.5) is 26.3 Å². The molecule has 0 unspecified atom stereocenters. The predicted octanol–water partition coefficient (Wildman–Crippen LogP) is 5.93. The Bertz CT molecular complexity index is 479. The average Bonchev–Trinajstić information content (AvgIpc) is 2.86. The maximum absolute atomic E-state index is 12.9. The molecule has 0 aromatic heterocycles. The highest BCUT2D eigenvalue weighted by Crippen LogP contribution is 2.46. The molecule has 0 N–H and O–H groups in total. The largest absolute Gasteiger partial charge is 0.416 e. The topological polar surface area (TPSA) is 0 Å². The van der Waals surface area contributed by atoms with Crippen molar-refractivity contribution in [2.24, 2.45) is 0 Å². The fraction of sp³-hybridized carbons (Fsp3) is 0.571. The first-order valence-corrected chi connectivity index (χ1v) is 7.57. The van der Waals surface area contributed by atoms with E-state index in [1.807, 2.05) is 0 Å². The highest BCUT2D eigenvalue weighted by molar-refractivity contribution is 9.09. The smallest absolute Gasteiger partial charge is 0.166 e. The van der Waals surface area contributed by atoms with Crippen LogP contribution in [-0.4, -0.2) is 5.33 Å². The van der Waals surface area contributed by atoms with Gasteiger partial charge in [0, 0.05) is 10.7 Å². The van der Waals surface area contributed by atoms with Gasteiger partial charge < -0.3 is 0 Å². The van der Waals surface area contributed by atoms with E-state index in [4.69, 9.17) is 0 Å². The van der Waals surface area contributed by atoms with Crippen LogP contribution >= 0.6 is 15.9 Å². The minimum Gasteiger partial charge on any atom is -0.166 e. The zero-order valence-electron chi connectivity index (χ0n) is 10.9. The van der Waals surface area contributed by atoms with Crippen LogP contribution in [0.2, 0.25) is 0 Å². The molecular weight excluding hydrogens is 362 g/mol. The van der Waals surface area contributed by atoms with E-state index in [0.717, 1.165) is 25.0 Å². The zero-order valence-corrected chi connectivity index (χ0v) is 12.5. The van der Waals surface area contributed by atoms with Crippen LogP contribution in [0.25, 0.3) is 0 Å². The van der Waals surface area contributed by atoms with E-state index < -0.39 is 28.9 Å². The normalized spacial score (nSPS) is 19.0. The highest BCUT2D eigenvalue weighted by Gasteiger charge is 2.41. The number of hydrogen-bond acceptors (Lipinski definition) is 0. The molecule has 21 heavy (non-hydrogen) atoms. The summed E-state index contributed by atoms with van der Waals surface area (Å²) in [5.41, 5.74) is -2.99. The molecule has 0 nitrogen and oxygen atoms in total. The quantitative estimate of drug-likeness (QED) is 0.444. The van der Waals surface area contributed by atoms with E-state index in [0.29, 0.717) is 18.2 Å². The Kier molecular flexibility index (Phi) is 4.35. The van der Waals surface area contributed by atoms with Gasteiger partial charge >= 0.3 is 12.4 Å². The first kappa shape index (κ1) is 16.6. The Morgan fingerprint density at radius 3 is 1.62 bits per heavy atom. The van der Waals surface area contributed by atoms with E-state index in [9.17, 15) is 26.3 Å². The van der Waals surface area contributed by atoms with Crippen molar-refractivity contribution < 1.29 is 26.3 Å². The second-order valence-electron chi connectivity index (χ2n) is 5.42. The lowest BCUT2D eigenvalue weighted by atomic mass is 9.79. The van der Waals surface area contributed by atoms with Crippen LogP contribution in [0.15, 0.2) is 18.2 Å². The lowest BCUT2D eigenvalue weighted by Crippen LogP contribution is -2.25. The molecule has 2 rings (SSSR count). The summed E-state index contributed by atoms with van der Waals surface area (Å²) in [6.07, 6.45) is -6.77. The van der Waals surface area contributed by atoms with Crippen molar-refractivity contribution in [3.63, 3.8) is 0 Å². The molecule has 7 heteroatoms. The van der Waals surface area contributed by atoms with Gasteiger partial charge in [0.1, 0.15) is 0 Å². The Hall–Kier alpha value is -0.720. The van der Waals surface area contributed by atoms with Crippen molar-refractivity contribution >= 4 is 15.9 Å². The van der Waals surface area contributed by atoms with Crippen molar-refractivity contribution in [2.45, 2.75) is 43.5 Å². The van der Waals surface area contributed by atoms with Gasteiger partial charge in [0.15, 0.2) is 0 Å². The molecule has 0 aliphatic heterocycles. The van der Waals surface area contributed by atoms with Crippen LogP contribution in [0.1, 0.15) is 42.4 Å². The Morgan fingerprint density at radius 1 is 0.857 bits per heavy atom. The number of alkyl halides is 7. The van der Waals surface area contributed by atoms with Crippen LogP contribution in [-0.2, 0) is 17.8 Å². The van der Waals surface area contributed by atoms with Crippen LogP contribution in [0.3, 0.4) is 0 Å².